The van der Waals surface area contributed by atoms with Gasteiger partial charge in [0.15, 0.2) is 0 Å². The van der Waals surface area contributed by atoms with Gasteiger partial charge in [0.05, 0.1) is 17.5 Å². The zero-order valence-corrected chi connectivity index (χ0v) is 22.0. The largest absolute Gasteiger partial charge is 0.382 e. The molecule has 2 heterocycles. The molecule has 2 aromatic carbocycles. The molecule has 3 aromatic rings. The summed E-state index contributed by atoms with van der Waals surface area (Å²) in [5, 5.41) is 2.51. The number of sulfonamides is 1. The quantitative estimate of drug-likeness (QED) is 0.345. The van der Waals surface area contributed by atoms with Crippen molar-refractivity contribution in [2.24, 2.45) is 0 Å². The molecule has 0 bridgehead atoms. The molecule has 1 atom stereocenters. The third kappa shape index (κ3) is 5.95. The highest BCUT2D eigenvalue weighted by atomic mass is 35.5. The van der Waals surface area contributed by atoms with E-state index in [0.717, 1.165) is 17.5 Å². The highest BCUT2D eigenvalue weighted by Crippen LogP contribution is 2.38. The summed E-state index contributed by atoms with van der Waals surface area (Å²) in [5.74, 6) is -0.218. The maximum atomic E-state index is 13.7. The third-order valence-corrected chi connectivity index (χ3v) is 9.17. The molecule has 0 fully saturated rings. The van der Waals surface area contributed by atoms with Crippen LogP contribution >= 0.6 is 22.9 Å². The van der Waals surface area contributed by atoms with E-state index in [0.29, 0.717) is 31.2 Å². The van der Waals surface area contributed by atoms with Gasteiger partial charge in [-0.05, 0) is 66.6 Å². The fourth-order valence-electron chi connectivity index (χ4n) is 4.35. The van der Waals surface area contributed by atoms with E-state index in [2.05, 4.69) is 11.4 Å². The van der Waals surface area contributed by atoms with Crippen molar-refractivity contribution in [3.63, 3.8) is 0 Å². The molecule has 1 amide bonds. The number of rotatable bonds is 10. The van der Waals surface area contributed by atoms with E-state index in [1.165, 1.54) is 21.3 Å². The van der Waals surface area contributed by atoms with Crippen LogP contribution in [-0.2, 0) is 26.0 Å². The second kappa shape index (κ2) is 11.7. The van der Waals surface area contributed by atoms with Crippen molar-refractivity contribution in [3.05, 3.63) is 87.1 Å². The molecular formula is C26H29ClN2O4S2. The summed E-state index contributed by atoms with van der Waals surface area (Å²) in [5.41, 5.74) is 2.13. The van der Waals surface area contributed by atoms with Gasteiger partial charge in [-0.1, -0.05) is 41.9 Å². The van der Waals surface area contributed by atoms with Crippen molar-refractivity contribution in [2.75, 3.05) is 32.8 Å². The monoisotopic (exact) mass is 532 g/mol. The van der Waals surface area contributed by atoms with E-state index in [9.17, 15) is 13.2 Å². The lowest BCUT2D eigenvalue weighted by Crippen LogP contribution is -2.47. The molecule has 1 aliphatic rings. The van der Waals surface area contributed by atoms with Crippen LogP contribution in [0.15, 0.2) is 70.9 Å². The van der Waals surface area contributed by atoms with Gasteiger partial charge in [0.2, 0.25) is 15.9 Å². The normalized spacial score (nSPS) is 15.9. The van der Waals surface area contributed by atoms with E-state index in [1.807, 2.05) is 42.2 Å². The first kappa shape index (κ1) is 25.9. The molecule has 4 rings (SSSR count). The number of ether oxygens (including phenoxy) is 1. The molecule has 9 heteroatoms. The fraction of sp³-hybridized carbons (Fsp3) is 0.346. The average molecular weight is 533 g/mol. The van der Waals surface area contributed by atoms with Gasteiger partial charge in [0, 0.05) is 36.2 Å². The maximum Gasteiger partial charge on any atom is 0.243 e. The molecule has 1 aliphatic heterocycles. The van der Waals surface area contributed by atoms with Crippen molar-refractivity contribution in [1.82, 2.24) is 9.21 Å². The summed E-state index contributed by atoms with van der Waals surface area (Å²) in [6.07, 6.45) is 1.25. The Hall–Kier alpha value is -2.23. The molecule has 0 saturated carbocycles. The van der Waals surface area contributed by atoms with Crippen LogP contribution in [0.25, 0.3) is 0 Å². The van der Waals surface area contributed by atoms with Gasteiger partial charge < -0.3 is 9.64 Å². The van der Waals surface area contributed by atoms with E-state index >= 15 is 0 Å². The second-order valence-electron chi connectivity index (χ2n) is 8.29. The van der Waals surface area contributed by atoms with Crippen molar-refractivity contribution in [3.8, 4) is 0 Å². The lowest BCUT2D eigenvalue weighted by molar-refractivity contribution is -0.133. The number of amides is 1. The average Bonchev–Trinajstić information content (AvgIpc) is 3.35. The van der Waals surface area contributed by atoms with Crippen LogP contribution in [0, 0.1) is 0 Å². The summed E-state index contributed by atoms with van der Waals surface area (Å²) >= 11 is 7.67. The summed E-state index contributed by atoms with van der Waals surface area (Å²) < 4.78 is 33.7. The number of halogens is 1. The first-order chi connectivity index (χ1) is 16.9. The number of hydrogen-bond acceptors (Lipinski definition) is 5. The minimum absolute atomic E-state index is 0.115. The fourth-order valence-corrected chi connectivity index (χ4v) is 6.81. The lowest BCUT2D eigenvalue weighted by atomic mass is 9.93. The van der Waals surface area contributed by atoms with Crippen molar-refractivity contribution < 1.29 is 17.9 Å². The Morgan fingerprint density at radius 1 is 1.14 bits per heavy atom. The Bertz CT molecular complexity index is 1230. The minimum atomic E-state index is -3.90. The van der Waals surface area contributed by atoms with Gasteiger partial charge in [-0.25, -0.2) is 8.42 Å². The van der Waals surface area contributed by atoms with Crippen LogP contribution in [0.3, 0.4) is 0 Å². The van der Waals surface area contributed by atoms with Crippen LogP contribution in [0.1, 0.15) is 35.4 Å². The molecule has 1 aromatic heterocycles. The van der Waals surface area contributed by atoms with Gasteiger partial charge in [-0.2, -0.15) is 4.31 Å². The number of carbonyl (C=O) groups is 1. The zero-order chi connectivity index (χ0) is 24.8. The lowest BCUT2D eigenvalue weighted by Gasteiger charge is -2.37. The Morgan fingerprint density at radius 2 is 1.89 bits per heavy atom. The van der Waals surface area contributed by atoms with E-state index < -0.39 is 10.0 Å². The van der Waals surface area contributed by atoms with Gasteiger partial charge in [-0.3, -0.25) is 4.79 Å². The Labute approximate surface area is 216 Å². The Morgan fingerprint density at radius 3 is 2.60 bits per heavy atom. The molecule has 0 N–H and O–H groups in total. The predicted molar refractivity (Wildman–Crippen MR) is 139 cm³/mol. The number of fused-ring (bicyclic) bond motifs is 1. The molecule has 6 nitrogen and oxygen atoms in total. The highest BCUT2D eigenvalue weighted by Gasteiger charge is 2.35. The number of benzene rings is 2. The van der Waals surface area contributed by atoms with Crippen LogP contribution < -0.4 is 0 Å². The second-order valence-corrected chi connectivity index (χ2v) is 11.7. The minimum Gasteiger partial charge on any atom is -0.382 e. The number of nitrogens with zero attached hydrogens (tertiary/aromatic N) is 2. The van der Waals surface area contributed by atoms with Crippen molar-refractivity contribution >= 4 is 38.9 Å². The van der Waals surface area contributed by atoms with Crippen LogP contribution in [0.5, 0.6) is 0 Å². The Balaban J connectivity index is 1.61. The van der Waals surface area contributed by atoms with E-state index in [4.69, 9.17) is 16.3 Å². The number of hydrogen-bond donors (Lipinski definition) is 0. The SMILES string of the molecule is CCOCCCN(CC(=O)N1CCc2sccc2C1c1ccccc1)S(=O)(=O)c1ccc(Cl)cc1. The van der Waals surface area contributed by atoms with Crippen LogP contribution in [0.2, 0.25) is 5.02 Å². The van der Waals surface area contributed by atoms with Crippen molar-refractivity contribution in [1.29, 1.82) is 0 Å². The molecule has 0 spiro atoms. The number of thiophene rings is 1. The van der Waals surface area contributed by atoms with Crippen LogP contribution in [0.4, 0.5) is 0 Å². The van der Waals surface area contributed by atoms with E-state index in [1.54, 1.807) is 23.5 Å². The predicted octanol–water partition coefficient (Wildman–Crippen LogP) is 4.99. The van der Waals surface area contributed by atoms with E-state index in [-0.39, 0.29) is 29.9 Å². The zero-order valence-electron chi connectivity index (χ0n) is 19.6. The molecule has 0 radical (unpaired) electrons. The third-order valence-electron chi connectivity index (χ3n) is 6.06. The van der Waals surface area contributed by atoms with Gasteiger partial charge in [0.25, 0.3) is 0 Å². The first-order valence-electron chi connectivity index (χ1n) is 11.7. The first-order valence-corrected chi connectivity index (χ1v) is 14.4. The molecule has 1 unspecified atom stereocenters. The molecular weight excluding hydrogens is 504 g/mol. The summed E-state index contributed by atoms with van der Waals surface area (Å²) in [4.78, 5) is 16.9. The Kier molecular flexibility index (Phi) is 8.62. The summed E-state index contributed by atoms with van der Waals surface area (Å²) in [7, 11) is -3.90. The van der Waals surface area contributed by atoms with Crippen molar-refractivity contribution in [2.45, 2.75) is 30.7 Å². The van der Waals surface area contributed by atoms with Gasteiger partial charge >= 0.3 is 0 Å². The van der Waals surface area contributed by atoms with Gasteiger partial charge in [0.1, 0.15) is 0 Å². The number of carbonyl (C=O) groups excluding carboxylic acids is 1. The van der Waals surface area contributed by atoms with Gasteiger partial charge in [-0.15, -0.1) is 11.3 Å². The van der Waals surface area contributed by atoms with Crippen LogP contribution in [-0.4, -0.2) is 56.4 Å². The molecule has 186 valence electrons. The molecule has 35 heavy (non-hydrogen) atoms. The summed E-state index contributed by atoms with van der Waals surface area (Å²) in [6, 6.07) is 17.8. The maximum absolute atomic E-state index is 13.7. The highest BCUT2D eigenvalue weighted by molar-refractivity contribution is 7.89. The standard InChI is InChI=1S/C26H29ClN2O4S2/c1-2-33-17-6-15-28(35(31,32)22-11-9-21(27)10-12-22)19-25(30)29-16-13-24-23(14-18-34-24)26(29)20-7-4-3-5-8-20/h3-5,7-12,14,18,26H,2,6,13,15-17,19H2,1H3. The molecule has 0 saturated heterocycles. The topological polar surface area (TPSA) is 66.9 Å². The molecule has 0 aliphatic carbocycles. The smallest absolute Gasteiger partial charge is 0.243 e. The summed E-state index contributed by atoms with van der Waals surface area (Å²) in [6.45, 7) is 3.36.